The van der Waals surface area contributed by atoms with E-state index < -0.39 is 0 Å². The fourth-order valence-corrected chi connectivity index (χ4v) is 2.27. The molecule has 98 valence electrons. The molecule has 18 heavy (non-hydrogen) atoms. The Bertz CT molecular complexity index is 423. The van der Waals surface area contributed by atoms with Crippen molar-refractivity contribution in [3.05, 3.63) is 29.8 Å². The first-order chi connectivity index (χ1) is 8.25. The molecule has 1 N–H and O–H groups in total. The molecule has 2 heterocycles. The quantitative estimate of drug-likeness (QED) is 0.864. The van der Waals surface area contributed by atoms with Gasteiger partial charge in [0.15, 0.2) is 6.10 Å². The minimum atomic E-state index is -0.335. The highest BCUT2D eigenvalue weighted by Crippen LogP contribution is 2.29. The van der Waals surface area contributed by atoms with Crippen molar-refractivity contribution in [3.63, 3.8) is 0 Å². The van der Waals surface area contributed by atoms with Crippen molar-refractivity contribution >= 4 is 18.3 Å². The minimum Gasteiger partial charge on any atom is -0.480 e. The third kappa shape index (κ3) is 2.18. The molecule has 0 aromatic heterocycles. The van der Waals surface area contributed by atoms with Gasteiger partial charge >= 0.3 is 0 Å². The molecule has 1 atom stereocenters. The van der Waals surface area contributed by atoms with Crippen LogP contribution < -0.4 is 10.1 Å². The number of benzene rings is 1. The average Bonchev–Trinajstić information content (AvgIpc) is 2.68. The number of nitrogens with one attached hydrogen (secondary N) is 1. The van der Waals surface area contributed by atoms with Gasteiger partial charge in [0.25, 0.3) is 5.91 Å². The van der Waals surface area contributed by atoms with Gasteiger partial charge < -0.3 is 15.0 Å². The molecule has 2 aliphatic rings. The largest absolute Gasteiger partial charge is 0.480 e. The molecule has 0 radical (unpaired) electrons. The van der Waals surface area contributed by atoms with Crippen LogP contribution in [0.3, 0.4) is 0 Å². The van der Waals surface area contributed by atoms with Crippen LogP contribution in [0.1, 0.15) is 5.56 Å². The maximum absolute atomic E-state index is 12.2. The highest BCUT2D eigenvalue weighted by molar-refractivity contribution is 5.85. The second-order valence-electron chi connectivity index (χ2n) is 4.68. The molecule has 4 nitrogen and oxygen atoms in total. The Hall–Kier alpha value is -1.26. The van der Waals surface area contributed by atoms with Crippen LogP contribution in [-0.2, 0) is 11.2 Å². The number of hydrogen-bond acceptors (Lipinski definition) is 3. The molecule has 1 aromatic carbocycles. The SMILES string of the molecule is CN(C(=O)C1Cc2ccccc2O1)C1CNC1.Cl. The summed E-state index contributed by atoms with van der Waals surface area (Å²) in [4.78, 5) is 14.0. The predicted molar refractivity (Wildman–Crippen MR) is 71.2 cm³/mol. The highest BCUT2D eigenvalue weighted by atomic mass is 35.5. The van der Waals surface area contributed by atoms with Crippen molar-refractivity contribution in [1.82, 2.24) is 10.2 Å². The summed E-state index contributed by atoms with van der Waals surface area (Å²) in [5.41, 5.74) is 1.13. The van der Waals surface area contributed by atoms with Gasteiger partial charge in [0.1, 0.15) is 5.75 Å². The number of carbonyl (C=O) groups excluding carboxylic acids is 1. The average molecular weight is 269 g/mol. The fraction of sp³-hybridized carbons (Fsp3) is 0.462. The number of nitrogens with zero attached hydrogens (tertiary/aromatic N) is 1. The van der Waals surface area contributed by atoms with Gasteiger partial charge in [-0.3, -0.25) is 4.79 Å². The topological polar surface area (TPSA) is 41.6 Å². The zero-order valence-electron chi connectivity index (χ0n) is 10.3. The highest BCUT2D eigenvalue weighted by Gasteiger charge is 2.34. The lowest BCUT2D eigenvalue weighted by molar-refractivity contribution is -0.139. The van der Waals surface area contributed by atoms with Crippen molar-refractivity contribution in [2.75, 3.05) is 20.1 Å². The van der Waals surface area contributed by atoms with Crippen LogP contribution in [0.2, 0.25) is 0 Å². The van der Waals surface area contributed by atoms with E-state index >= 15 is 0 Å². The van der Waals surface area contributed by atoms with Gasteiger partial charge in [-0.15, -0.1) is 12.4 Å². The lowest BCUT2D eigenvalue weighted by atomic mass is 10.1. The summed E-state index contributed by atoms with van der Waals surface area (Å²) < 4.78 is 5.70. The zero-order valence-corrected chi connectivity index (χ0v) is 11.1. The Morgan fingerprint density at radius 3 is 2.72 bits per heavy atom. The number of rotatable bonds is 2. The van der Waals surface area contributed by atoms with E-state index in [1.165, 1.54) is 0 Å². The smallest absolute Gasteiger partial charge is 0.264 e. The van der Waals surface area contributed by atoms with E-state index in [0.717, 1.165) is 24.4 Å². The summed E-state index contributed by atoms with van der Waals surface area (Å²) in [6, 6.07) is 8.19. The predicted octanol–water partition coefficient (Wildman–Crippen LogP) is 0.842. The van der Waals surface area contributed by atoms with Crippen LogP contribution in [0.4, 0.5) is 0 Å². The minimum absolute atomic E-state index is 0. The Morgan fingerprint density at radius 2 is 2.11 bits per heavy atom. The third-order valence-electron chi connectivity index (χ3n) is 3.58. The normalized spacial score (nSPS) is 21.3. The summed E-state index contributed by atoms with van der Waals surface area (Å²) in [7, 11) is 1.86. The Morgan fingerprint density at radius 1 is 1.39 bits per heavy atom. The Labute approximate surface area is 113 Å². The summed E-state index contributed by atoms with van der Waals surface area (Å²) in [5, 5.41) is 3.17. The van der Waals surface area contributed by atoms with E-state index in [1.54, 1.807) is 0 Å². The second-order valence-corrected chi connectivity index (χ2v) is 4.68. The van der Waals surface area contributed by atoms with E-state index in [4.69, 9.17) is 4.74 Å². The van der Waals surface area contributed by atoms with Crippen LogP contribution in [0.15, 0.2) is 24.3 Å². The standard InChI is InChI=1S/C13H16N2O2.ClH/c1-15(10-7-14-8-10)13(16)12-6-9-4-2-3-5-11(9)17-12;/h2-5,10,12,14H,6-8H2,1H3;1H. The number of halogens is 1. The van der Waals surface area contributed by atoms with Crippen LogP contribution in [-0.4, -0.2) is 43.1 Å². The number of para-hydroxylation sites is 1. The monoisotopic (exact) mass is 268 g/mol. The zero-order chi connectivity index (χ0) is 11.8. The molecule has 0 bridgehead atoms. The van der Waals surface area contributed by atoms with E-state index in [1.807, 2.05) is 36.2 Å². The summed E-state index contributed by atoms with van der Waals surface area (Å²) in [5.74, 6) is 0.943. The van der Waals surface area contributed by atoms with Gasteiger partial charge in [-0.25, -0.2) is 0 Å². The number of carbonyl (C=O) groups is 1. The molecule has 0 saturated carbocycles. The van der Waals surface area contributed by atoms with Crippen molar-refractivity contribution in [2.45, 2.75) is 18.6 Å². The molecule has 3 rings (SSSR count). The van der Waals surface area contributed by atoms with E-state index in [9.17, 15) is 4.79 Å². The number of likely N-dealkylation sites (N-methyl/N-ethyl adjacent to an activating group) is 1. The lowest BCUT2D eigenvalue weighted by Crippen LogP contribution is -2.59. The first-order valence-electron chi connectivity index (χ1n) is 5.97. The summed E-state index contributed by atoms with van der Waals surface area (Å²) >= 11 is 0. The molecule has 1 amide bonds. The molecule has 2 aliphatic heterocycles. The summed E-state index contributed by atoms with van der Waals surface area (Å²) in [6.07, 6.45) is 0.359. The maximum atomic E-state index is 12.2. The maximum Gasteiger partial charge on any atom is 0.264 e. The molecule has 5 heteroatoms. The first-order valence-corrected chi connectivity index (χ1v) is 5.97. The molecule has 1 unspecified atom stereocenters. The molecule has 1 aromatic rings. The van der Waals surface area contributed by atoms with Gasteiger partial charge in [-0.1, -0.05) is 18.2 Å². The first kappa shape index (κ1) is 13.2. The lowest BCUT2D eigenvalue weighted by Gasteiger charge is -2.36. The van der Waals surface area contributed by atoms with E-state index in [-0.39, 0.29) is 24.4 Å². The van der Waals surface area contributed by atoms with Gasteiger partial charge in [-0.2, -0.15) is 0 Å². The van der Waals surface area contributed by atoms with Crippen LogP contribution in [0, 0.1) is 0 Å². The van der Waals surface area contributed by atoms with Crippen LogP contribution >= 0.6 is 12.4 Å². The van der Waals surface area contributed by atoms with Gasteiger partial charge in [0.05, 0.1) is 6.04 Å². The van der Waals surface area contributed by atoms with Gasteiger partial charge in [-0.05, 0) is 11.6 Å². The molecule has 1 saturated heterocycles. The molecule has 0 spiro atoms. The van der Waals surface area contributed by atoms with Gasteiger partial charge in [0.2, 0.25) is 0 Å². The van der Waals surface area contributed by atoms with Crippen molar-refractivity contribution in [2.24, 2.45) is 0 Å². The van der Waals surface area contributed by atoms with E-state index in [0.29, 0.717) is 12.5 Å². The molecular formula is C13H17ClN2O2. The summed E-state index contributed by atoms with van der Waals surface area (Å²) in [6.45, 7) is 1.78. The van der Waals surface area contributed by atoms with Crippen molar-refractivity contribution in [3.8, 4) is 5.75 Å². The Kier molecular flexibility index (Phi) is 3.78. The van der Waals surface area contributed by atoms with Crippen molar-refractivity contribution in [1.29, 1.82) is 0 Å². The van der Waals surface area contributed by atoms with Crippen LogP contribution in [0.5, 0.6) is 5.75 Å². The van der Waals surface area contributed by atoms with Crippen molar-refractivity contribution < 1.29 is 9.53 Å². The van der Waals surface area contributed by atoms with E-state index in [2.05, 4.69) is 5.32 Å². The molecular weight excluding hydrogens is 252 g/mol. The number of amides is 1. The molecule has 1 fully saturated rings. The third-order valence-corrected chi connectivity index (χ3v) is 3.58. The fourth-order valence-electron chi connectivity index (χ4n) is 2.27. The van der Waals surface area contributed by atoms with Crippen LogP contribution in [0.25, 0.3) is 0 Å². The number of fused-ring (bicyclic) bond motifs is 1. The second kappa shape index (κ2) is 5.16. The number of hydrogen-bond donors (Lipinski definition) is 1. The number of ether oxygens (including phenoxy) is 1. The Balaban J connectivity index is 0.00000120. The van der Waals surface area contributed by atoms with Gasteiger partial charge in [0, 0.05) is 26.6 Å². The molecule has 0 aliphatic carbocycles.